The zero-order valence-corrected chi connectivity index (χ0v) is 11.9. The molecule has 0 saturated carbocycles. The maximum absolute atomic E-state index is 13.0. The van der Waals surface area contributed by atoms with Crippen molar-refractivity contribution in [2.45, 2.75) is 6.92 Å². The van der Waals surface area contributed by atoms with Crippen LogP contribution in [0.4, 0.5) is 4.39 Å². The average Bonchev–Trinajstić information content (AvgIpc) is 2.37. The summed E-state index contributed by atoms with van der Waals surface area (Å²) < 4.78 is 19.4. The minimum Gasteiger partial charge on any atom is -0.485 e. The molecule has 0 radical (unpaired) electrons. The zero-order valence-electron chi connectivity index (χ0n) is 10.3. The highest BCUT2D eigenvalue weighted by atomic mass is 79.9. The van der Waals surface area contributed by atoms with E-state index < -0.39 is 5.82 Å². The molecule has 0 aliphatic rings. The average molecular weight is 323 g/mol. The predicted octanol–water partition coefficient (Wildman–Crippen LogP) is 4.16. The van der Waals surface area contributed by atoms with Crippen LogP contribution >= 0.6 is 15.9 Å². The van der Waals surface area contributed by atoms with Crippen LogP contribution in [0.1, 0.15) is 15.9 Å². The first-order chi connectivity index (χ1) is 9.06. The molecule has 0 aliphatic heterocycles. The Hall–Kier alpha value is -1.68. The van der Waals surface area contributed by atoms with Crippen LogP contribution < -0.4 is 4.74 Å². The Kier molecular flexibility index (Phi) is 4.32. The second-order valence-electron chi connectivity index (χ2n) is 4.13. The Morgan fingerprint density at radius 1 is 1.26 bits per heavy atom. The van der Waals surface area contributed by atoms with Crippen LogP contribution in [-0.4, -0.2) is 12.4 Å². The second kappa shape index (κ2) is 5.97. The number of hydrogen-bond acceptors (Lipinski definition) is 2. The SMILES string of the molecule is Cc1cc(Br)ccc1OCC(=O)c1cccc(F)c1. The summed E-state index contributed by atoms with van der Waals surface area (Å²) >= 11 is 3.36. The molecule has 0 fully saturated rings. The summed E-state index contributed by atoms with van der Waals surface area (Å²) in [5.41, 5.74) is 1.25. The molecule has 2 nitrogen and oxygen atoms in total. The first-order valence-electron chi connectivity index (χ1n) is 5.74. The van der Waals surface area contributed by atoms with Crippen molar-refractivity contribution < 1.29 is 13.9 Å². The first-order valence-corrected chi connectivity index (χ1v) is 6.53. The van der Waals surface area contributed by atoms with Gasteiger partial charge in [-0.1, -0.05) is 28.1 Å². The van der Waals surface area contributed by atoms with Crippen LogP contribution in [0.2, 0.25) is 0 Å². The zero-order chi connectivity index (χ0) is 13.8. The van der Waals surface area contributed by atoms with E-state index >= 15 is 0 Å². The molecule has 2 aromatic carbocycles. The van der Waals surface area contributed by atoms with Crippen molar-refractivity contribution in [3.05, 3.63) is 63.9 Å². The number of carbonyl (C=O) groups excluding carboxylic acids is 1. The van der Waals surface area contributed by atoms with Gasteiger partial charge in [-0.3, -0.25) is 4.79 Å². The lowest BCUT2D eigenvalue weighted by Crippen LogP contribution is -2.12. The monoisotopic (exact) mass is 322 g/mol. The van der Waals surface area contributed by atoms with Gasteiger partial charge in [0.25, 0.3) is 0 Å². The number of ether oxygens (including phenoxy) is 1. The molecule has 4 heteroatoms. The molecule has 0 amide bonds. The van der Waals surface area contributed by atoms with Gasteiger partial charge in [-0.2, -0.15) is 0 Å². The summed E-state index contributed by atoms with van der Waals surface area (Å²) in [6.07, 6.45) is 0. The van der Waals surface area contributed by atoms with Gasteiger partial charge < -0.3 is 4.74 Å². The Bertz CT molecular complexity index is 611. The van der Waals surface area contributed by atoms with Gasteiger partial charge in [0.1, 0.15) is 11.6 Å². The summed E-state index contributed by atoms with van der Waals surface area (Å²) in [6, 6.07) is 11.1. The van der Waals surface area contributed by atoms with Crippen LogP contribution in [0.15, 0.2) is 46.9 Å². The Balaban J connectivity index is 2.04. The number of hydrogen-bond donors (Lipinski definition) is 0. The van der Waals surface area contributed by atoms with E-state index in [-0.39, 0.29) is 12.4 Å². The van der Waals surface area contributed by atoms with Gasteiger partial charge in [-0.15, -0.1) is 0 Å². The molecular weight excluding hydrogens is 311 g/mol. The molecule has 2 aromatic rings. The molecular formula is C15H12BrFO2. The fourth-order valence-electron chi connectivity index (χ4n) is 1.66. The van der Waals surface area contributed by atoms with E-state index in [0.29, 0.717) is 11.3 Å². The number of carbonyl (C=O) groups is 1. The summed E-state index contributed by atoms with van der Waals surface area (Å²) in [5, 5.41) is 0. The molecule has 98 valence electrons. The standard InChI is InChI=1S/C15H12BrFO2/c1-10-7-12(16)5-6-15(10)19-9-14(18)11-3-2-4-13(17)8-11/h2-8H,9H2,1H3. The summed E-state index contributed by atoms with van der Waals surface area (Å²) in [5.74, 6) is -0.0274. The van der Waals surface area contributed by atoms with Crippen molar-refractivity contribution in [2.24, 2.45) is 0 Å². The first kappa shape index (κ1) is 13.7. The largest absolute Gasteiger partial charge is 0.485 e. The quantitative estimate of drug-likeness (QED) is 0.790. The highest BCUT2D eigenvalue weighted by molar-refractivity contribution is 9.10. The maximum Gasteiger partial charge on any atom is 0.200 e. The van der Waals surface area contributed by atoms with Crippen LogP contribution in [0.5, 0.6) is 5.75 Å². The van der Waals surface area contributed by atoms with E-state index in [1.165, 1.54) is 18.2 Å². The van der Waals surface area contributed by atoms with Crippen molar-refractivity contribution in [2.75, 3.05) is 6.61 Å². The van der Waals surface area contributed by atoms with Gasteiger partial charge in [0, 0.05) is 10.0 Å². The van der Waals surface area contributed by atoms with E-state index in [2.05, 4.69) is 15.9 Å². The lowest BCUT2D eigenvalue weighted by Gasteiger charge is -2.08. The minimum absolute atomic E-state index is 0.105. The lowest BCUT2D eigenvalue weighted by atomic mass is 10.1. The Morgan fingerprint density at radius 3 is 2.74 bits per heavy atom. The van der Waals surface area contributed by atoms with Crippen molar-refractivity contribution in [1.82, 2.24) is 0 Å². The Morgan fingerprint density at radius 2 is 2.05 bits per heavy atom. The molecule has 0 aromatic heterocycles. The van der Waals surface area contributed by atoms with E-state index in [9.17, 15) is 9.18 Å². The molecule has 2 rings (SSSR count). The van der Waals surface area contributed by atoms with Gasteiger partial charge in [0.15, 0.2) is 12.4 Å². The van der Waals surface area contributed by atoms with E-state index in [1.54, 1.807) is 12.1 Å². The van der Waals surface area contributed by atoms with Crippen LogP contribution in [-0.2, 0) is 0 Å². The van der Waals surface area contributed by atoms with Gasteiger partial charge in [0.05, 0.1) is 0 Å². The summed E-state index contributed by atoms with van der Waals surface area (Å²) in [4.78, 5) is 11.8. The smallest absolute Gasteiger partial charge is 0.200 e. The van der Waals surface area contributed by atoms with Gasteiger partial charge >= 0.3 is 0 Å². The molecule has 0 atom stereocenters. The van der Waals surface area contributed by atoms with Crippen molar-refractivity contribution in [1.29, 1.82) is 0 Å². The minimum atomic E-state index is -0.425. The third-order valence-corrected chi connectivity index (χ3v) is 3.14. The summed E-state index contributed by atoms with van der Waals surface area (Å²) in [7, 11) is 0. The van der Waals surface area contributed by atoms with Gasteiger partial charge in [-0.25, -0.2) is 4.39 Å². The fourth-order valence-corrected chi connectivity index (χ4v) is 2.14. The van der Waals surface area contributed by atoms with Crippen LogP contribution in [0, 0.1) is 12.7 Å². The number of Topliss-reactive ketones (excluding diaryl/α,β-unsaturated/α-hetero) is 1. The second-order valence-corrected chi connectivity index (χ2v) is 5.05. The topological polar surface area (TPSA) is 26.3 Å². The molecule has 0 bridgehead atoms. The highest BCUT2D eigenvalue weighted by Gasteiger charge is 2.08. The number of halogens is 2. The predicted molar refractivity (Wildman–Crippen MR) is 75.1 cm³/mol. The fraction of sp³-hybridized carbons (Fsp3) is 0.133. The number of aryl methyl sites for hydroxylation is 1. The molecule has 0 saturated heterocycles. The molecule has 0 N–H and O–H groups in total. The number of rotatable bonds is 4. The number of ketones is 1. The molecule has 0 heterocycles. The molecule has 0 spiro atoms. The number of benzene rings is 2. The van der Waals surface area contributed by atoms with Crippen LogP contribution in [0.25, 0.3) is 0 Å². The molecule has 19 heavy (non-hydrogen) atoms. The molecule has 0 aliphatic carbocycles. The normalized spacial score (nSPS) is 10.3. The van der Waals surface area contributed by atoms with Crippen molar-refractivity contribution >= 4 is 21.7 Å². The van der Waals surface area contributed by atoms with E-state index in [0.717, 1.165) is 10.0 Å². The van der Waals surface area contributed by atoms with Crippen molar-refractivity contribution in [3.63, 3.8) is 0 Å². The third-order valence-electron chi connectivity index (χ3n) is 2.64. The van der Waals surface area contributed by atoms with E-state index in [1.807, 2.05) is 19.1 Å². The van der Waals surface area contributed by atoms with Crippen molar-refractivity contribution in [3.8, 4) is 5.75 Å². The van der Waals surface area contributed by atoms with E-state index in [4.69, 9.17) is 4.74 Å². The maximum atomic E-state index is 13.0. The van der Waals surface area contributed by atoms with Crippen LogP contribution in [0.3, 0.4) is 0 Å². The Labute approximate surface area is 119 Å². The molecule has 0 unspecified atom stereocenters. The van der Waals surface area contributed by atoms with Gasteiger partial charge in [-0.05, 0) is 42.8 Å². The highest BCUT2D eigenvalue weighted by Crippen LogP contribution is 2.22. The third kappa shape index (κ3) is 3.64. The summed E-state index contributed by atoms with van der Waals surface area (Å²) in [6.45, 7) is 1.79. The lowest BCUT2D eigenvalue weighted by molar-refractivity contribution is 0.0920. The van der Waals surface area contributed by atoms with Gasteiger partial charge in [0.2, 0.25) is 0 Å².